The molecule has 0 aromatic heterocycles. The Kier molecular flexibility index (Phi) is 7.43. The van der Waals surface area contributed by atoms with E-state index in [4.69, 9.17) is 4.74 Å². The first-order valence-electron chi connectivity index (χ1n) is 13.0. The molecule has 3 fully saturated rings. The third kappa shape index (κ3) is 5.99. The van der Waals surface area contributed by atoms with Gasteiger partial charge in [-0.15, -0.1) is 23.5 Å². The number of piperidine rings is 1. The summed E-state index contributed by atoms with van der Waals surface area (Å²) < 4.78 is 31.3. The van der Waals surface area contributed by atoms with Gasteiger partial charge in [0.25, 0.3) is 0 Å². The number of nitrogens with zero attached hydrogens (tertiary/aromatic N) is 2. The van der Waals surface area contributed by atoms with Gasteiger partial charge in [-0.2, -0.15) is 4.31 Å². The number of hydrogen-bond donors (Lipinski definition) is 0. The maximum Gasteiger partial charge on any atom is 0.410 e. The van der Waals surface area contributed by atoms with Crippen LogP contribution in [0, 0.1) is 5.92 Å². The number of sulfonamides is 1. The van der Waals surface area contributed by atoms with Crippen molar-refractivity contribution in [3.63, 3.8) is 0 Å². The van der Waals surface area contributed by atoms with Gasteiger partial charge in [0.15, 0.2) is 0 Å². The average molecular weight is 539 g/mol. The monoisotopic (exact) mass is 538 g/mol. The van der Waals surface area contributed by atoms with Crippen LogP contribution in [0.25, 0.3) is 0 Å². The van der Waals surface area contributed by atoms with Crippen molar-refractivity contribution in [2.75, 3.05) is 37.4 Å². The molecule has 2 saturated heterocycles. The minimum absolute atomic E-state index is 0.117. The molecule has 4 aliphatic rings. The lowest BCUT2D eigenvalue weighted by Gasteiger charge is -2.34. The number of fused-ring (bicyclic) bond motifs is 1. The van der Waals surface area contributed by atoms with Crippen molar-refractivity contribution in [2.45, 2.75) is 74.5 Å². The number of rotatable bonds is 7. The minimum atomic E-state index is -3.15. The van der Waals surface area contributed by atoms with Gasteiger partial charge >= 0.3 is 6.09 Å². The first-order chi connectivity index (χ1) is 16.7. The highest BCUT2D eigenvalue weighted by atomic mass is 32.2. The quantitative estimate of drug-likeness (QED) is 0.475. The predicted molar refractivity (Wildman–Crippen MR) is 144 cm³/mol. The Morgan fingerprint density at radius 1 is 1.11 bits per heavy atom. The molecular formula is C26H38N2O4S3. The van der Waals surface area contributed by atoms with Crippen LogP contribution in [0.2, 0.25) is 0 Å². The van der Waals surface area contributed by atoms with Gasteiger partial charge in [-0.1, -0.05) is 31.0 Å². The summed E-state index contributed by atoms with van der Waals surface area (Å²) in [5, 5.41) is 0. The van der Waals surface area contributed by atoms with E-state index in [1.807, 2.05) is 11.8 Å². The number of amides is 1. The topological polar surface area (TPSA) is 66.9 Å². The molecule has 1 aromatic carbocycles. The van der Waals surface area contributed by atoms with Crippen molar-refractivity contribution in [3.05, 3.63) is 34.9 Å². The highest BCUT2D eigenvalue weighted by Crippen LogP contribution is 2.55. The SMILES string of the molecule is CC1(OC(=O)N2CCC(CCCC3(c4ccc5c(c4)CCN(S(C)(=O)=O)C5)SCCS3)CC2)CC1. The number of thioether (sulfide) groups is 2. The largest absolute Gasteiger partial charge is 0.443 e. The number of benzene rings is 1. The van der Waals surface area contributed by atoms with Gasteiger partial charge in [0.1, 0.15) is 5.60 Å². The van der Waals surface area contributed by atoms with Crippen LogP contribution in [0.1, 0.15) is 68.6 Å². The molecule has 3 aliphatic heterocycles. The predicted octanol–water partition coefficient (Wildman–Crippen LogP) is 5.21. The zero-order valence-electron chi connectivity index (χ0n) is 21.0. The fourth-order valence-electron chi connectivity index (χ4n) is 5.54. The van der Waals surface area contributed by atoms with Crippen LogP contribution in [0.3, 0.4) is 0 Å². The van der Waals surface area contributed by atoms with Crippen molar-refractivity contribution in [3.8, 4) is 0 Å². The molecule has 0 spiro atoms. The molecule has 9 heteroatoms. The molecule has 0 N–H and O–H groups in total. The van der Waals surface area contributed by atoms with Crippen LogP contribution in [0.4, 0.5) is 4.79 Å². The van der Waals surface area contributed by atoms with Crippen LogP contribution < -0.4 is 0 Å². The zero-order chi connectivity index (χ0) is 24.7. The molecular weight excluding hydrogens is 500 g/mol. The molecule has 6 nitrogen and oxygen atoms in total. The average Bonchev–Trinajstić information content (AvgIpc) is 3.36. The van der Waals surface area contributed by atoms with Gasteiger partial charge in [0, 0.05) is 37.7 Å². The summed E-state index contributed by atoms with van der Waals surface area (Å²) in [5.74, 6) is 3.06. The summed E-state index contributed by atoms with van der Waals surface area (Å²) >= 11 is 4.18. The molecule has 0 bridgehead atoms. The van der Waals surface area contributed by atoms with E-state index in [-0.39, 0.29) is 15.8 Å². The Bertz CT molecular complexity index is 1040. The van der Waals surface area contributed by atoms with Crippen LogP contribution >= 0.6 is 23.5 Å². The van der Waals surface area contributed by atoms with Crippen molar-refractivity contribution >= 4 is 39.6 Å². The molecule has 3 heterocycles. The van der Waals surface area contributed by atoms with Gasteiger partial charge in [0.2, 0.25) is 10.0 Å². The Balaban J connectivity index is 1.15. The fraction of sp³-hybridized carbons (Fsp3) is 0.731. The van der Waals surface area contributed by atoms with Gasteiger partial charge in [-0.05, 0) is 68.1 Å². The highest BCUT2D eigenvalue weighted by molar-refractivity contribution is 8.20. The number of likely N-dealkylation sites (tertiary alicyclic amines) is 1. The Hall–Kier alpha value is -0.900. The van der Waals surface area contributed by atoms with Crippen LogP contribution in [0.15, 0.2) is 18.2 Å². The highest BCUT2D eigenvalue weighted by Gasteiger charge is 2.43. The lowest BCUT2D eigenvalue weighted by Crippen LogP contribution is -2.40. The van der Waals surface area contributed by atoms with E-state index in [0.29, 0.717) is 19.0 Å². The molecule has 0 unspecified atom stereocenters. The summed E-state index contributed by atoms with van der Waals surface area (Å²) in [4.78, 5) is 14.3. The number of ether oxygens (including phenoxy) is 1. The normalized spacial score (nSPS) is 24.2. The standard InChI is InChI=1S/C26H38N2O4S3/c1-25(11-12-25)32-24(29)27-13-7-20(8-14-27)4-3-10-26(33-16-17-34-26)23-6-5-22-19-28(35(2,30)31)15-9-21(22)18-23/h5-6,18,20H,3-4,7-17,19H2,1-2H3. The minimum Gasteiger partial charge on any atom is -0.443 e. The molecule has 194 valence electrons. The fourth-order valence-corrected chi connectivity index (χ4v) is 9.66. The number of carbonyl (C=O) groups is 1. The van der Waals surface area contributed by atoms with Crippen molar-refractivity contribution in [2.24, 2.45) is 5.92 Å². The molecule has 5 rings (SSSR count). The molecule has 1 amide bonds. The van der Waals surface area contributed by atoms with E-state index in [1.54, 1.807) is 4.31 Å². The Morgan fingerprint density at radius 2 is 1.83 bits per heavy atom. The van der Waals surface area contributed by atoms with Crippen molar-refractivity contribution < 1.29 is 17.9 Å². The number of carbonyl (C=O) groups excluding carboxylic acids is 1. The summed E-state index contributed by atoms with van der Waals surface area (Å²) in [7, 11) is -3.15. The van der Waals surface area contributed by atoms with Crippen molar-refractivity contribution in [1.82, 2.24) is 9.21 Å². The third-order valence-electron chi connectivity index (χ3n) is 8.12. The molecule has 1 saturated carbocycles. The van der Waals surface area contributed by atoms with E-state index < -0.39 is 10.0 Å². The lowest BCUT2D eigenvalue weighted by atomic mass is 9.90. The van der Waals surface area contributed by atoms with Gasteiger partial charge in [-0.25, -0.2) is 13.2 Å². The second-order valence-corrected chi connectivity index (χ2v) is 15.9. The molecule has 0 radical (unpaired) electrons. The molecule has 1 aromatic rings. The summed E-state index contributed by atoms with van der Waals surface area (Å²) in [6, 6.07) is 6.78. The van der Waals surface area contributed by atoms with Crippen LogP contribution in [-0.2, 0) is 31.8 Å². The van der Waals surface area contributed by atoms with E-state index in [9.17, 15) is 13.2 Å². The second-order valence-electron chi connectivity index (χ2n) is 10.9. The van der Waals surface area contributed by atoms with Gasteiger partial charge in [-0.3, -0.25) is 0 Å². The maximum absolute atomic E-state index is 12.4. The number of hydrogen-bond acceptors (Lipinski definition) is 6. The Morgan fingerprint density at radius 3 is 2.49 bits per heavy atom. The maximum atomic E-state index is 12.4. The summed E-state index contributed by atoms with van der Waals surface area (Å²) in [5.41, 5.74) is 3.68. The molecule has 1 aliphatic carbocycles. The lowest BCUT2D eigenvalue weighted by molar-refractivity contribution is 0.0484. The summed E-state index contributed by atoms with van der Waals surface area (Å²) in [6.07, 6.45) is 9.71. The van der Waals surface area contributed by atoms with E-state index in [2.05, 4.69) is 41.7 Å². The molecule has 0 atom stereocenters. The van der Waals surface area contributed by atoms with E-state index >= 15 is 0 Å². The zero-order valence-corrected chi connectivity index (χ0v) is 23.4. The van der Waals surface area contributed by atoms with E-state index in [0.717, 1.165) is 57.2 Å². The van der Waals surface area contributed by atoms with Crippen molar-refractivity contribution in [1.29, 1.82) is 0 Å². The van der Waals surface area contributed by atoms with Crippen LogP contribution in [-0.4, -0.2) is 66.7 Å². The van der Waals surface area contributed by atoms with Gasteiger partial charge < -0.3 is 9.64 Å². The van der Waals surface area contributed by atoms with Crippen LogP contribution in [0.5, 0.6) is 0 Å². The first kappa shape index (κ1) is 25.7. The summed E-state index contributed by atoms with van der Waals surface area (Å²) in [6.45, 7) is 4.74. The van der Waals surface area contributed by atoms with E-state index in [1.165, 1.54) is 41.7 Å². The van der Waals surface area contributed by atoms with Gasteiger partial charge in [0.05, 0.1) is 10.3 Å². The Labute approximate surface area is 219 Å². The molecule has 35 heavy (non-hydrogen) atoms. The smallest absolute Gasteiger partial charge is 0.410 e. The third-order valence-corrected chi connectivity index (χ3v) is 13.0. The second kappa shape index (κ2) is 10.1. The first-order valence-corrected chi connectivity index (χ1v) is 16.8.